The zero-order chi connectivity index (χ0) is 23.7. The van der Waals surface area contributed by atoms with Crippen LogP contribution in [0.25, 0.3) is 11.8 Å². The van der Waals surface area contributed by atoms with E-state index in [0.717, 1.165) is 65.5 Å². The summed E-state index contributed by atoms with van der Waals surface area (Å²) in [4.78, 5) is 12.2. The molecule has 1 atom stereocenters. The van der Waals surface area contributed by atoms with Gasteiger partial charge in [-0.05, 0) is 66.8 Å². The normalized spacial score (nSPS) is 19.3. The molecule has 0 aliphatic carbocycles. The average Bonchev–Trinajstić information content (AvgIpc) is 3.15. The van der Waals surface area contributed by atoms with E-state index in [2.05, 4.69) is 27.2 Å². The number of rotatable bonds is 4. The zero-order valence-electron chi connectivity index (χ0n) is 19.2. The number of nitrogens with zero attached hydrogens (tertiary/aromatic N) is 4. The van der Waals surface area contributed by atoms with Crippen molar-refractivity contribution in [2.45, 2.75) is 32.2 Å². The van der Waals surface area contributed by atoms with Crippen LogP contribution in [0.15, 0.2) is 59.7 Å². The molecule has 34 heavy (non-hydrogen) atoms. The molecule has 0 N–H and O–H groups in total. The Bertz CT molecular complexity index is 1270. The van der Waals surface area contributed by atoms with Gasteiger partial charge in [-0.3, -0.25) is 0 Å². The minimum Gasteiger partial charge on any atom is -0.495 e. The van der Waals surface area contributed by atoms with Gasteiger partial charge in [0.15, 0.2) is 5.84 Å². The number of fused-ring (bicyclic) bond motifs is 1. The van der Waals surface area contributed by atoms with Crippen LogP contribution in [0.3, 0.4) is 0 Å². The van der Waals surface area contributed by atoms with E-state index in [4.69, 9.17) is 21.2 Å². The van der Waals surface area contributed by atoms with Crippen molar-refractivity contribution in [3.63, 3.8) is 0 Å². The van der Waals surface area contributed by atoms with Crippen molar-refractivity contribution in [1.82, 2.24) is 14.5 Å². The molecule has 6 nitrogen and oxygen atoms in total. The highest BCUT2D eigenvalue weighted by atomic mass is 35.5. The molecule has 2 aliphatic heterocycles. The van der Waals surface area contributed by atoms with Gasteiger partial charge in [0.25, 0.3) is 0 Å². The van der Waals surface area contributed by atoms with Crippen LogP contribution in [0, 0.1) is 12.7 Å². The van der Waals surface area contributed by atoms with Gasteiger partial charge in [-0.15, -0.1) is 0 Å². The quantitative estimate of drug-likeness (QED) is 0.464. The van der Waals surface area contributed by atoms with Crippen LogP contribution in [0.2, 0.25) is 5.02 Å². The molecule has 1 unspecified atom stereocenters. The van der Waals surface area contributed by atoms with Crippen LogP contribution in [0.1, 0.15) is 42.1 Å². The molecule has 0 radical (unpaired) electrons. The number of ether oxygens (including phenoxy) is 1. The van der Waals surface area contributed by atoms with Gasteiger partial charge < -0.3 is 19.0 Å². The van der Waals surface area contributed by atoms with Crippen LogP contribution in [-0.4, -0.2) is 40.5 Å². The number of aromatic nitrogens is 2. The summed E-state index contributed by atoms with van der Waals surface area (Å²) in [5, 5.41) is 4.61. The second-order valence-electron chi connectivity index (χ2n) is 8.55. The summed E-state index contributed by atoms with van der Waals surface area (Å²) in [6.45, 7) is 3.29. The number of amidine groups is 1. The van der Waals surface area contributed by atoms with Crippen LogP contribution >= 0.6 is 11.6 Å². The van der Waals surface area contributed by atoms with E-state index < -0.39 is 5.82 Å². The van der Waals surface area contributed by atoms with Gasteiger partial charge in [-0.1, -0.05) is 28.9 Å². The summed E-state index contributed by atoms with van der Waals surface area (Å²) in [5.74, 6) is 1.17. The third kappa shape index (κ3) is 4.40. The Kier molecular flexibility index (Phi) is 6.28. The molecular formula is C26H26ClFN4O2. The van der Waals surface area contributed by atoms with Crippen LogP contribution in [0.5, 0.6) is 5.75 Å². The Balaban J connectivity index is 1.47. The summed E-state index contributed by atoms with van der Waals surface area (Å²) in [7, 11) is 1.67. The maximum absolute atomic E-state index is 13.8. The number of piperidine rings is 1. The fourth-order valence-electron chi connectivity index (χ4n) is 4.64. The summed E-state index contributed by atoms with van der Waals surface area (Å²) in [6, 6.07) is 11.1. The van der Waals surface area contributed by atoms with E-state index in [9.17, 15) is 4.39 Å². The highest BCUT2D eigenvalue weighted by molar-refractivity contribution is 6.30. The predicted octanol–water partition coefficient (Wildman–Crippen LogP) is 5.94. The van der Waals surface area contributed by atoms with Crippen molar-refractivity contribution >= 4 is 23.5 Å². The van der Waals surface area contributed by atoms with Gasteiger partial charge in [-0.25, -0.2) is 9.37 Å². The minimum absolute atomic E-state index is 0.0180. The molecule has 1 saturated heterocycles. The van der Waals surface area contributed by atoms with E-state index in [-0.39, 0.29) is 11.1 Å². The molecule has 0 spiro atoms. The van der Waals surface area contributed by atoms with Crippen molar-refractivity contribution in [1.29, 1.82) is 0 Å². The number of benzene rings is 2. The smallest absolute Gasteiger partial charge is 0.171 e. The predicted molar refractivity (Wildman–Crippen MR) is 131 cm³/mol. The lowest BCUT2D eigenvalue weighted by molar-refractivity contribution is 0.140. The molecule has 1 fully saturated rings. The first-order valence-corrected chi connectivity index (χ1v) is 11.7. The number of hydrogen-bond acceptors (Lipinski definition) is 5. The highest BCUT2D eigenvalue weighted by Crippen LogP contribution is 2.35. The Morgan fingerprint density at radius 3 is 2.88 bits per heavy atom. The van der Waals surface area contributed by atoms with Gasteiger partial charge in [0.1, 0.15) is 18.2 Å². The molecule has 2 aromatic carbocycles. The third-order valence-electron chi connectivity index (χ3n) is 6.28. The number of aryl methyl sites for hydroxylation is 1. The average molecular weight is 481 g/mol. The van der Waals surface area contributed by atoms with E-state index >= 15 is 0 Å². The summed E-state index contributed by atoms with van der Waals surface area (Å²) in [6.07, 6.45) is 8.51. The van der Waals surface area contributed by atoms with Crippen molar-refractivity contribution < 1.29 is 14.0 Å². The second kappa shape index (κ2) is 9.50. The lowest BCUT2D eigenvalue weighted by atomic mass is 9.95. The van der Waals surface area contributed by atoms with Gasteiger partial charge in [0.05, 0.1) is 35.9 Å². The maximum atomic E-state index is 13.8. The van der Waals surface area contributed by atoms with E-state index in [1.807, 2.05) is 29.8 Å². The van der Waals surface area contributed by atoms with Gasteiger partial charge in [-0.2, -0.15) is 0 Å². The Hall–Kier alpha value is -3.32. The molecule has 1 aromatic heterocycles. The van der Waals surface area contributed by atoms with Crippen LogP contribution < -0.4 is 4.74 Å². The Morgan fingerprint density at radius 2 is 2.12 bits per heavy atom. The summed E-state index contributed by atoms with van der Waals surface area (Å²) < 4.78 is 21.4. The summed E-state index contributed by atoms with van der Waals surface area (Å²) >= 11 is 6.09. The maximum Gasteiger partial charge on any atom is 0.171 e. The fourth-order valence-corrected chi connectivity index (χ4v) is 4.83. The van der Waals surface area contributed by atoms with Gasteiger partial charge in [0.2, 0.25) is 0 Å². The van der Waals surface area contributed by atoms with Crippen molar-refractivity contribution in [2.75, 3.05) is 20.3 Å². The van der Waals surface area contributed by atoms with E-state index in [1.165, 1.54) is 6.07 Å². The van der Waals surface area contributed by atoms with Gasteiger partial charge >= 0.3 is 0 Å². The number of hydrogen-bond donors (Lipinski definition) is 0. The Labute approximate surface area is 203 Å². The molecule has 0 amide bonds. The van der Waals surface area contributed by atoms with Crippen molar-refractivity contribution in [3.05, 3.63) is 82.2 Å². The lowest BCUT2D eigenvalue weighted by Gasteiger charge is -2.36. The lowest BCUT2D eigenvalue weighted by Crippen LogP contribution is -2.39. The topological polar surface area (TPSA) is 51.9 Å². The number of halogens is 2. The molecule has 8 heteroatoms. The molecule has 0 saturated carbocycles. The Morgan fingerprint density at radius 1 is 1.24 bits per heavy atom. The molecular weight excluding hydrogens is 455 g/mol. The standard InChI is InChI=1S/C26H26ClFN4O2/c1-17-15-31(16-29-17)24-8-5-18(13-25(24)33-2)12-20-4-3-10-32-23(9-11-34-30-26(20)32)19-6-7-22(28)21(27)14-19/h5-8,12-16,23H,3-4,9-11H2,1-2H3/b20-12+. The first kappa shape index (κ1) is 22.5. The molecule has 2 aliphatic rings. The largest absolute Gasteiger partial charge is 0.495 e. The number of methoxy groups -OCH3 is 1. The second-order valence-corrected chi connectivity index (χ2v) is 8.95. The number of imidazole rings is 1. The monoisotopic (exact) mass is 480 g/mol. The van der Waals surface area contributed by atoms with Crippen LogP contribution in [0.4, 0.5) is 4.39 Å². The van der Waals surface area contributed by atoms with Crippen molar-refractivity contribution in [3.8, 4) is 11.4 Å². The fraction of sp³-hybridized carbons (Fsp3) is 0.308. The molecule has 3 aromatic rings. The number of oxime groups is 1. The molecule has 3 heterocycles. The molecule has 0 bridgehead atoms. The van der Waals surface area contributed by atoms with E-state index in [0.29, 0.717) is 6.61 Å². The molecule has 5 rings (SSSR count). The van der Waals surface area contributed by atoms with E-state index in [1.54, 1.807) is 25.6 Å². The molecule has 176 valence electrons. The SMILES string of the molecule is COc1cc(/C=C2\CCCN3C2=NOCCC3c2ccc(F)c(Cl)c2)ccc1-n1cnc(C)c1. The van der Waals surface area contributed by atoms with Crippen LogP contribution in [-0.2, 0) is 4.84 Å². The highest BCUT2D eigenvalue weighted by Gasteiger charge is 2.31. The third-order valence-corrected chi connectivity index (χ3v) is 6.57. The first-order chi connectivity index (χ1) is 16.5. The van der Waals surface area contributed by atoms with Crippen molar-refractivity contribution in [2.24, 2.45) is 5.16 Å². The van der Waals surface area contributed by atoms with Gasteiger partial charge in [0, 0.05) is 19.2 Å². The summed E-state index contributed by atoms with van der Waals surface area (Å²) in [5.41, 5.74) is 4.95. The first-order valence-electron chi connectivity index (χ1n) is 11.3. The minimum atomic E-state index is -0.411. The zero-order valence-corrected chi connectivity index (χ0v) is 19.9.